The highest BCUT2D eigenvalue weighted by Crippen LogP contribution is 2.45. The Labute approximate surface area is 193 Å². The van der Waals surface area contributed by atoms with E-state index in [0.29, 0.717) is 37.0 Å². The number of fused-ring (bicyclic) bond motifs is 1. The second-order valence-corrected chi connectivity index (χ2v) is 9.87. The normalized spacial score (nSPS) is 19.8. The lowest BCUT2D eigenvalue weighted by molar-refractivity contribution is -0.137. The average molecular weight is 466 g/mol. The van der Waals surface area contributed by atoms with Crippen molar-refractivity contribution in [2.75, 3.05) is 13.7 Å². The molecule has 0 spiro atoms. The molecule has 0 fully saturated rings. The SMILES string of the molecule is CCC(CCOC)c1nc2c(c(C)c1[C@@H](O)c1ccc(C(F)(F)F)cc1)C(O)CC(C)(C)C2. The summed E-state index contributed by atoms with van der Waals surface area (Å²) < 4.78 is 44.4. The van der Waals surface area contributed by atoms with Gasteiger partial charge in [-0.1, -0.05) is 32.9 Å². The van der Waals surface area contributed by atoms with E-state index in [1.54, 1.807) is 7.11 Å². The third-order valence-electron chi connectivity index (χ3n) is 6.75. The molecule has 1 aliphatic rings. The van der Waals surface area contributed by atoms with Crippen LogP contribution in [0, 0.1) is 12.3 Å². The Bertz CT molecular complexity index is 970. The number of hydrogen-bond donors (Lipinski definition) is 2. The van der Waals surface area contributed by atoms with Gasteiger partial charge >= 0.3 is 6.18 Å². The van der Waals surface area contributed by atoms with Gasteiger partial charge < -0.3 is 14.9 Å². The summed E-state index contributed by atoms with van der Waals surface area (Å²) in [6.07, 6.45) is -3.53. The van der Waals surface area contributed by atoms with Crippen LogP contribution in [0.2, 0.25) is 0 Å². The van der Waals surface area contributed by atoms with E-state index in [0.717, 1.165) is 41.1 Å². The van der Waals surface area contributed by atoms with E-state index in [9.17, 15) is 23.4 Å². The van der Waals surface area contributed by atoms with E-state index in [1.165, 1.54) is 12.1 Å². The van der Waals surface area contributed by atoms with Crippen LogP contribution in [0.15, 0.2) is 24.3 Å². The molecular formula is C26H34F3NO3. The van der Waals surface area contributed by atoms with E-state index < -0.39 is 23.9 Å². The number of ether oxygens (including phenoxy) is 1. The Balaban J connectivity index is 2.16. The molecule has 2 aromatic rings. The molecule has 1 aromatic carbocycles. The van der Waals surface area contributed by atoms with Gasteiger partial charge in [-0.2, -0.15) is 13.2 Å². The highest BCUT2D eigenvalue weighted by atomic mass is 19.4. The van der Waals surface area contributed by atoms with Crippen molar-refractivity contribution in [3.8, 4) is 0 Å². The van der Waals surface area contributed by atoms with Crippen molar-refractivity contribution in [3.05, 3.63) is 63.5 Å². The quantitative estimate of drug-likeness (QED) is 0.524. The first-order chi connectivity index (χ1) is 15.4. The molecule has 3 atom stereocenters. The molecule has 1 heterocycles. The van der Waals surface area contributed by atoms with Crippen LogP contribution in [0.25, 0.3) is 0 Å². The van der Waals surface area contributed by atoms with Crippen molar-refractivity contribution in [3.63, 3.8) is 0 Å². The van der Waals surface area contributed by atoms with Crippen molar-refractivity contribution in [1.29, 1.82) is 0 Å². The summed E-state index contributed by atoms with van der Waals surface area (Å²) >= 11 is 0. The van der Waals surface area contributed by atoms with Crippen molar-refractivity contribution in [2.24, 2.45) is 5.41 Å². The zero-order chi connectivity index (χ0) is 24.6. The van der Waals surface area contributed by atoms with Crippen LogP contribution in [0.4, 0.5) is 13.2 Å². The standard InChI is InChI=1S/C26H34F3NO3/c1-6-16(11-12-33-5)23-22(24(32)17-7-9-18(10-8-17)26(27,28)29)15(2)21-19(30-23)13-25(3,4)14-20(21)31/h7-10,16,20,24,31-32H,6,11-14H2,1-5H3/t16?,20?,24-/m0/s1. The van der Waals surface area contributed by atoms with Gasteiger partial charge in [0, 0.05) is 36.5 Å². The van der Waals surface area contributed by atoms with E-state index in [4.69, 9.17) is 9.72 Å². The number of benzene rings is 1. The zero-order valence-corrected chi connectivity index (χ0v) is 20.0. The molecule has 0 aliphatic heterocycles. The van der Waals surface area contributed by atoms with Gasteiger partial charge in [0.1, 0.15) is 6.10 Å². The van der Waals surface area contributed by atoms with Gasteiger partial charge in [0.05, 0.1) is 17.4 Å². The van der Waals surface area contributed by atoms with Gasteiger partial charge in [-0.25, -0.2) is 0 Å². The molecule has 33 heavy (non-hydrogen) atoms. The Kier molecular flexibility index (Phi) is 7.56. The summed E-state index contributed by atoms with van der Waals surface area (Å²) in [6.45, 7) is 8.65. The molecule has 182 valence electrons. The summed E-state index contributed by atoms with van der Waals surface area (Å²) in [5.74, 6) is 0.00947. The van der Waals surface area contributed by atoms with Gasteiger partial charge in [0.15, 0.2) is 0 Å². The number of aliphatic hydroxyl groups is 2. The summed E-state index contributed by atoms with van der Waals surface area (Å²) in [7, 11) is 1.63. The molecule has 7 heteroatoms. The number of hydrogen-bond acceptors (Lipinski definition) is 4. The van der Waals surface area contributed by atoms with Crippen LogP contribution in [0.1, 0.15) is 97.4 Å². The fraction of sp³-hybridized carbons (Fsp3) is 0.577. The summed E-state index contributed by atoms with van der Waals surface area (Å²) in [5.41, 5.74) is 3.15. The van der Waals surface area contributed by atoms with E-state index in [2.05, 4.69) is 13.8 Å². The molecule has 4 nitrogen and oxygen atoms in total. The van der Waals surface area contributed by atoms with Gasteiger partial charge in [-0.05, 0) is 61.3 Å². The second kappa shape index (κ2) is 9.72. The molecule has 0 radical (unpaired) electrons. The Morgan fingerprint density at radius 2 is 1.85 bits per heavy atom. The minimum atomic E-state index is -4.44. The number of rotatable bonds is 7. The van der Waals surface area contributed by atoms with Crippen molar-refractivity contribution < 1.29 is 28.1 Å². The maximum Gasteiger partial charge on any atom is 0.416 e. The van der Waals surface area contributed by atoms with Crippen LogP contribution in [-0.4, -0.2) is 28.9 Å². The molecule has 0 saturated carbocycles. The lowest BCUT2D eigenvalue weighted by Gasteiger charge is -2.37. The highest BCUT2D eigenvalue weighted by molar-refractivity contribution is 5.48. The van der Waals surface area contributed by atoms with Crippen molar-refractivity contribution in [2.45, 2.75) is 77.7 Å². The van der Waals surface area contributed by atoms with E-state index in [1.807, 2.05) is 13.8 Å². The number of nitrogens with zero attached hydrogens (tertiary/aromatic N) is 1. The summed E-state index contributed by atoms with van der Waals surface area (Å²) in [5, 5.41) is 22.3. The molecule has 0 amide bonds. The minimum Gasteiger partial charge on any atom is -0.388 e. The molecule has 3 rings (SSSR count). The van der Waals surface area contributed by atoms with Gasteiger partial charge in [-0.15, -0.1) is 0 Å². The van der Waals surface area contributed by atoms with Crippen LogP contribution in [0.5, 0.6) is 0 Å². The number of halogens is 3. The van der Waals surface area contributed by atoms with Crippen LogP contribution in [-0.2, 0) is 17.3 Å². The minimum absolute atomic E-state index is 0.00947. The molecule has 1 aromatic heterocycles. The Morgan fingerprint density at radius 1 is 1.21 bits per heavy atom. The molecule has 2 unspecified atom stereocenters. The smallest absolute Gasteiger partial charge is 0.388 e. The largest absolute Gasteiger partial charge is 0.416 e. The number of pyridine rings is 1. The second-order valence-electron chi connectivity index (χ2n) is 9.87. The maximum atomic E-state index is 13.0. The molecular weight excluding hydrogens is 431 g/mol. The number of alkyl halides is 3. The number of methoxy groups -OCH3 is 1. The first-order valence-corrected chi connectivity index (χ1v) is 11.4. The Hall–Kier alpha value is -1.96. The monoisotopic (exact) mass is 465 g/mol. The lowest BCUT2D eigenvalue weighted by Crippen LogP contribution is -2.29. The first kappa shape index (κ1) is 25.7. The van der Waals surface area contributed by atoms with Crippen LogP contribution < -0.4 is 0 Å². The third-order valence-corrected chi connectivity index (χ3v) is 6.75. The maximum absolute atomic E-state index is 13.0. The van der Waals surface area contributed by atoms with Gasteiger partial charge in [-0.3, -0.25) is 4.98 Å². The highest BCUT2D eigenvalue weighted by Gasteiger charge is 2.37. The first-order valence-electron chi connectivity index (χ1n) is 11.4. The van der Waals surface area contributed by atoms with Crippen molar-refractivity contribution >= 4 is 0 Å². The molecule has 0 bridgehead atoms. The number of aromatic nitrogens is 1. The van der Waals surface area contributed by atoms with Crippen LogP contribution in [0.3, 0.4) is 0 Å². The van der Waals surface area contributed by atoms with Gasteiger partial charge in [0.25, 0.3) is 0 Å². The predicted molar refractivity (Wildman–Crippen MR) is 121 cm³/mol. The summed E-state index contributed by atoms with van der Waals surface area (Å²) in [6, 6.07) is 4.59. The van der Waals surface area contributed by atoms with Gasteiger partial charge in [0.2, 0.25) is 0 Å². The fourth-order valence-electron chi connectivity index (χ4n) is 5.02. The predicted octanol–water partition coefficient (Wildman–Crippen LogP) is 6.03. The summed E-state index contributed by atoms with van der Waals surface area (Å²) in [4.78, 5) is 4.99. The topological polar surface area (TPSA) is 62.6 Å². The number of aliphatic hydroxyl groups excluding tert-OH is 2. The molecule has 2 N–H and O–H groups in total. The van der Waals surface area contributed by atoms with Crippen molar-refractivity contribution in [1.82, 2.24) is 4.98 Å². The van der Waals surface area contributed by atoms with Crippen LogP contribution >= 0.6 is 0 Å². The average Bonchev–Trinajstić information content (AvgIpc) is 2.72. The zero-order valence-electron chi connectivity index (χ0n) is 20.0. The fourth-order valence-corrected chi connectivity index (χ4v) is 5.02. The van der Waals surface area contributed by atoms with E-state index >= 15 is 0 Å². The molecule has 0 saturated heterocycles. The Morgan fingerprint density at radius 3 is 2.39 bits per heavy atom. The lowest BCUT2D eigenvalue weighted by atomic mass is 9.72. The third kappa shape index (κ3) is 5.42. The molecule has 1 aliphatic carbocycles. The van der Waals surface area contributed by atoms with E-state index in [-0.39, 0.29) is 11.3 Å².